The highest BCUT2D eigenvalue weighted by Crippen LogP contribution is 2.35. The van der Waals surface area contributed by atoms with E-state index in [-0.39, 0.29) is 0 Å². The molecule has 25 heavy (non-hydrogen) atoms. The zero-order chi connectivity index (χ0) is 17.8. The molecule has 3 nitrogen and oxygen atoms in total. The van der Waals surface area contributed by atoms with Crippen LogP contribution in [0.1, 0.15) is 52.0 Å². The molecule has 0 radical (unpaired) electrons. The summed E-state index contributed by atoms with van der Waals surface area (Å²) in [6, 6.07) is 8.59. The summed E-state index contributed by atoms with van der Waals surface area (Å²) in [5, 5.41) is 10.6. The van der Waals surface area contributed by atoms with E-state index in [1.54, 1.807) is 0 Å². The van der Waals surface area contributed by atoms with Crippen LogP contribution in [0.4, 0.5) is 5.69 Å². The zero-order valence-electron chi connectivity index (χ0n) is 16.2. The zero-order valence-corrected chi connectivity index (χ0v) is 16.2. The molecule has 1 N–H and O–H groups in total. The Kier molecular flexibility index (Phi) is 6.40. The summed E-state index contributed by atoms with van der Waals surface area (Å²) in [6.45, 7) is 9.10. The van der Waals surface area contributed by atoms with E-state index in [9.17, 15) is 5.11 Å². The Balaban J connectivity index is 1.53. The van der Waals surface area contributed by atoms with Crippen molar-refractivity contribution in [2.45, 2.75) is 65.1 Å². The van der Waals surface area contributed by atoms with Gasteiger partial charge in [-0.05, 0) is 55.1 Å². The molecule has 2 aliphatic rings. The van der Waals surface area contributed by atoms with Gasteiger partial charge in [0.2, 0.25) is 0 Å². The van der Waals surface area contributed by atoms with E-state index in [4.69, 9.17) is 4.74 Å². The molecule has 0 spiro atoms. The highest BCUT2D eigenvalue weighted by molar-refractivity contribution is 5.55. The van der Waals surface area contributed by atoms with Crippen molar-refractivity contribution in [2.75, 3.05) is 24.6 Å². The molecule has 0 amide bonds. The second-order valence-corrected chi connectivity index (χ2v) is 8.53. The van der Waals surface area contributed by atoms with Crippen molar-refractivity contribution in [3.05, 3.63) is 29.8 Å². The predicted molar refractivity (Wildman–Crippen MR) is 104 cm³/mol. The number of anilines is 1. The lowest BCUT2D eigenvalue weighted by Crippen LogP contribution is -2.41. The topological polar surface area (TPSA) is 32.7 Å². The van der Waals surface area contributed by atoms with Crippen molar-refractivity contribution in [1.82, 2.24) is 0 Å². The van der Waals surface area contributed by atoms with E-state index < -0.39 is 6.10 Å². The van der Waals surface area contributed by atoms with E-state index in [2.05, 4.69) is 49.9 Å². The van der Waals surface area contributed by atoms with Crippen LogP contribution in [0, 0.1) is 17.8 Å². The Morgan fingerprint density at radius 1 is 1.24 bits per heavy atom. The van der Waals surface area contributed by atoms with Crippen LogP contribution in [-0.2, 0) is 11.2 Å². The van der Waals surface area contributed by atoms with Crippen LogP contribution in [0.5, 0.6) is 0 Å². The fraction of sp³-hybridized carbons (Fsp3) is 0.727. The van der Waals surface area contributed by atoms with Gasteiger partial charge >= 0.3 is 0 Å². The fourth-order valence-electron chi connectivity index (χ4n) is 4.65. The lowest BCUT2D eigenvalue weighted by molar-refractivity contribution is -0.0672. The van der Waals surface area contributed by atoms with Gasteiger partial charge in [0, 0.05) is 18.8 Å². The number of fused-ring (bicyclic) bond motifs is 1. The van der Waals surface area contributed by atoms with E-state index in [1.807, 2.05) is 0 Å². The third kappa shape index (κ3) is 4.77. The summed E-state index contributed by atoms with van der Waals surface area (Å²) < 4.78 is 6.24. The molecule has 1 heterocycles. The molecule has 1 aromatic rings. The first kappa shape index (κ1) is 18.7. The fourth-order valence-corrected chi connectivity index (χ4v) is 4.65. The number of para-hydroxylation sites is 1. The van der Waals surface area contributed by atoms with Crippen LogP contribution in [0.3, 0.4) is 0 Å². The van der Waals surface area contributed by atoms with Crippen molar-refractivity contribution in [1.29, 1.82) is 0 Å². The largest absolute Gasteiger partial charge is 0.389 e. The molecule has 1 saturated carbocycles. The number of hydrogen-bond acceptors (Lipinski definition) is 3. The van der Waals surface area contributed by atoms with Gasteiger partial charge in [-0.1, -0.05) is 45.4 Å². The summed E-state index contributed by atoms with van der Waals surface area (Å²) in [4.78, 5) is 2.33. The molecule has 1 aliphatic carbocycles. The summed E-state index contributed by atoms with van der Waals surface area (Å²) in [6.07, 6.45) is 5.93. The second-order valence-electron chi connectivity index (χ2n) is 8.53. The standard InChI is InChI=1S/C22H35NO2/c1-16(2)20-11-10-17(3)13-22(20)25-15-19(24)14-23-12-6-8-18-7-4-5-9-21(18)23/h4-5,7,9,16-17,19-20,22,24H,6,8,10-15H2,1-3H3. The van der Waals surface area contributed by atoms with Crippen molar-refractivity contribution in [3.8, 4) is 0 Å². The van der Waals surface area contributed by atoms with E-state index in [0.717, 1.165) is 25.3 Å². The molecule has 0 bridgehead atoms. The monoisotopic (exact) mass is 345 g/mol. The molecular formula is C22H35NO2. The van der Waals surface area contributed by atoms with Crippen LogP contribution in [0.25, 0.3) is 0 Å². The van der Waals surface area contributed by atoms with Crippen molar-refractivity contribution in [3.63, 3.8) is 0 Å². The summed E-state index contributed by atoms with van der Waals surface area (Å²) in [5.41, 5.74) is 2.70. The van der Waals surface area contributed by atoms with Crippen LogP contribution in [0.15, 0.2) is 24.3 Å². The Morgan fingerprint density at radius 2 is 2.04 bits per heavy atom. The van der Waals surface area contributed by atoms with E-state index in [0.29, 0.717) is 31.1 Å². The van der Waals surface area contributed by atoms with Gasteiger partial charge in [0.25, 0.3) is 0 Å². The minimum absolute atomic E-state index is 0.312. The minimum Gasteiger partial charge on any atom is -0.389 e. The van der Waals surface area contributed by atoms with Crippen LogP contribution >= 0.6 is 0 Å². The third-order valence-corrected chi connectivity index (χ3v) is 6.10. The first-order valence-corrected chi connectivity index (χ1v) is 10.2. The molecule has 0 saturated heterocycles. The Morgan fingerprint density at radius 3 is 2.84 bits per heavy atom. The van der Waals surface area contributed by atoms with Crippen molar-refractivity contribution in [2.24, 2.45) is 17.8 Å². The summed E-state index contributed by atoms with van der Waals surface area (Å²) >= 11 is 0. The van der Waals surface area contributed by atoms with Crippen LogP contribution in [0.2, 0.25) is 0 Å². The van der Waals surface area contributed by atoms with Crippen LogP contribution < -0.4 is 4.90 Å². The van der Waals surface area contributed by atoms with Gasteiger partial charge in [0.05, 0.1) is 18.8 Å². The molecule has 1 fully saturated rings. The minimum atomic E-state index is -0.420. The number of hydrogen-bond donors (Lipinski definition) is 1. The summed E-state index contributed by atoms with van der Waals surface area (Å²) in [7, 11) is 0. The van der Waals surface area contributed by atoms with Gasteiger partial charge in [-0.15, -0.1) is 0 Å². The quantitative estimate of drug-likeness (QED) is 0.835. The number of rotatable bonds is 6. The Bertz CT molecular complexity index is 545. The first-order valence-electron chi connectivity index (χ1n) is 10.2. The smallest absolute Gasteiger partial charge is 0.0948 e. The molecule has 140 valence electrons. The predicted octanol–water partition coefficient (Wildman–Crippen LogP) is 4.28. The average molecular weight is 346 g/mol. The number of nitrogens with zero attached hydrogens (tertiary/aromatic N) is 1. The SMILES string of the molecule is CC1CCC(C(C)C)C(OCC(O)CN2CCCc3ccccc32)C1. The molecule has 1 aromatic carbocycles. The number of aryl methyl sites for hydroxylation is 1. The Labute approximate surface area is 153 Å². The van der Waals surface area contributed by atoms with Crippen LogP contribution in [-0.4, -0.2) is 37.0 Å². The van der Waals surface area contributed by atoms with E-state index >= 15 is 0 Å². The lowest BCUT2D eigenvalue weighted by Gasteiger charge is -2.38. The molecule has 4 unspecified atom stereocenters. The number of benzene rings is 1. The van der Waals surface area contributed by atoms with E-state index in [1.165, 1.54) is 30.5 Å². The highest BCUT2D eigenvalue weighted by atomic mass is 16.5. The number of ether oxygens (including phenoxy) is 1. The second kappa shape index (κ2) is 8.55. The maximum Gasteiger partial charge on any atom is 0.0948 e. The summed E-state index contributed by atoms with van der Waals surface area (Å²) in [5.74, 6) is 2.04. The molecule has 3 heteroatoms. The molecule has 1 aliphatic heterocycles. The average Bonchev–Trinajstić information content (AvgIpc) is 2.60. The van der Waals surface area contributed by atoms with Crippen molar-refractivity contribution < 1.29 is 9.84 Å². The van der Waals surface area contributed by atoms with Gasteiger partial charge in [0.1, 0.15) is 0 Å². The lowest BCUT2D eigenvalue weighted by atomic mass is 9.75. The first-order chi connectivity index (χ1) is 12.0. The van der Waals surface area contributed by atoms with Gasteiger partial charge in [-0.25, -0.2) is 0 Å². The number of aliphatic hydroxyl groups is 1. The van der Waals surface area contributed by atoms with Gasteiger partial charge in [-0.2, -0.15) is 0 Å². The number of aliphatic hydroxyl groups excluding tert-OH is 1. The molecule has 0 aromatic heterocycles. The van der Waals surface area contributed by atoms with Gasteiger partial charge in [-0.3, -0.25) is 0 Å². The van der Waals surface area contributed by atoms with Crippen molar-refractivity contribution >= 4 is 5.69 Å². The molecule has 4 atom stereocenters. The maximum absolute atomic E-state index is 10.6. The van der Waals surface area contributed by atoms with Gasteiger partial charge in [0.15, 0.2) is 0 Å². The maximum atomic E-state index is 10.6. The number of β-amino-alcohol motifs (C(OH)–C–C–N with tert-alkyl or cyclic N) is 1. The normalized spacial score (nSPS) is 28.0. The Hall–Kier alpha value is -1.06. The van der Waals surface area contributed by atoms with Gasteiger partial charge < -0.3 is 14.7 Å². The molecule has 3 rings (SSSR count). The third-order valence-electron chi connectivity index (χ3n) is 6.10. The highest BCUT2D eigenvalue weighted by Gasteiger charge is 2.32. The molecular weight excluding hydrogens is 310 g/mol.